The Kier molecular flexibility index (Phi) is 7.36. The van der Waals surface area contributed by atoms with Gasteiger partial charge in [-0.05, 0) is 21.9 Å². The number of aliphatic hydroxyl groups is 1. The van der Waals surface area contributed by atoms with Crippen LogP contribution in [0, 0.1) is 5.92 Å². The molecule has 0 spiro atoms. The molecule has 2 aromatic rings. The third kappa shape index (κ3) is 4.58. The van der Waals surface area contributed by atoms with E-state index < -0.39 is 24.9 Å². The molecule has 6 heteroatoms. The number of carbonyl (C=O) groups is 2. The Morgan fingerprint density at radius 1 is 1.16 bits per heavy atom. The molecule has 1 aliphatic heterocycles. The molecule has 1 heterocycles. The first-order valence-electron chi connectivity index (χ1n) is 7.87. The molecule has 1 aliphatic rings. The Morgan fingerprint density at radius 3 is 2.60 bits per heavy atom. The van der Waals surface area contributed by atoms with E-state index in [4.69, 9.17) is 0 Å². The van der Waals surface area contributed by atoms with Crippen LogP contribution in [0.4, 0.5) is 0 Å². The Balaban J connectivity index is 0.00000225. The van der Waals surface area contributed by atoms with Gasteiger partial charge in [0.05, 0.1) is 12.5 Å². The molecule has 3 rings (SSSR count). The monoisotopic (exact) mass is 363 g/mol. The summed E-state index contributed by atoms with van der Waals surface area (Å²) in [5, 5.41) is 22.2. The zero-order valence-electron chi connectivity index (χ0n) is 14.1. The van der Waals surface area contributed by atoms with Gasteiger partial charge in [0.15, 0.2) is 0 Å². The first-order chi connectivity index (χ1) is 11.6. The minimum absolute atomic E-state index is 0. The van der Waals surface area contributed by atoms with Crippen LogP contribution < -0.4 is 56.5 Å². The maximum Gasteiger partial charge on any atom is 1.00 e. The molecule has 0 aliphatic carbocycles. The van der Waals surface area contributed by atoms with E-state index in [0.29, 0.717) is 13.1 Å². The minimum Gasteiger partial charge on any atom is -0.550 e. The zero-order valence-corrected chi connectivity index (χ0v) is 17.3. The van der Waals surface area contributed by atoms with Gasteiger partial charge in [-0.15, -0.1) is 0 Å². The third-order valence-electron chi connectivity index (χ3n) is 4.35. The van der Waals surface area contributed by atoms with Crippen molar-refractivity contribution in [2.45, 2.75) is 6.42 Å². The Hall–Kier alpha value is -1.02. The molecule has 0 saturated heterocycles. The van der Waals surface area contributed by atoms with Crippen molar-refractivity contribution in [2.24, 2.45) is 5.92 Å². The Bertz CT molecular complexity index is 813. The van der Waals surface area contributed by atoms with Crippen molar-refractivity contribution in [2.75, 3.05) is 19.7 Å². The molecular weight excluding hydrogens is 345 g/mol. The molecular formula is C19H18KNO4. The number of fused-ring (bicyclic) bond motifs is 1. The second kappa shape index (κ2) is 9.07. The van der Waals surface area contributed by atoms with E-state index in [2.05, 4.69) is 0 Å². The van der Waals surface area contributed by atoms with Gasteiger partial charge in [-0.25, -0.2) is 0 Å². The van der Waals surface area contributed by atoms with E-state index in [9.17, 15) is 19.8 Å². The van der Waals surface area contributed by atoms with E-state index in [1.54, 1.807) is 4.90 Å². The molecule has 1 unspecified atom stereocenters. The van der Waals surface area contributed by atoms with Crippen LogP contribution in [-0.2, 0) is 9.59 Å². The average Bonchev–Trinajstić information content (AvgIpc) is 3.08. The molecule has 1 atom stereocenters. The second-order valence-corrected chi connectivity index (χ2v) is 5.93. The molecule has 0 saturated carbocycles. The van der Waals surface area contributed by atoms with E-state index in [0.717, 1.165) is 21.9 Å². The largest absolute Gasteiger partial charge is 1.00 e. The van der Waals surface area contributed by atoms with Crippen LogP contribution in [0.5, 0.6) is 0 Å². The number of aliphatic hydroxyl groups excluding tert-OH is 1. The molecule has 0 aromatic heterocycles. The molecule has 0 fully saturated rings. The van der Waals surface area contributed by atoms with Gasteiger partial charge < -0.3 is 19.9 Å². The van der Waals surface area contributed by atoms with Gasteiger partial charge in [0.1, 0.15) is 0 Å². The summed E-state index contributed by atoms with van der Waals surface area (Å²) in [6.07, 6.45) is 1.52. The molecule has 0 radical (unpaired) electrons. The van der Waals surface area contributed by atoms with Crippen LogP contribution >= 0.6 is 0 Å². The quantitative estimate of drug-likeness (QED) is 0.613. The maximum absolute atomic E-state index is 12.4. The summed E-state index contributed by atoms with van der Waals surface area (Å²) < 4.78 is 0. The number of carbonyl (C=O) groups excluding carboxylic acids is 2. The molecule has 25 heavy (non-hydrogen) atoms. The van der Waals surface area contributed by atoms with Crippen LogP contribution in [0.3, 0.4) is 0 Å². The second-order valence-electron chi connectivity index (χ2n) is 5.93. The standard InChI is InChI=1S/C19H19NO4.K/c21-12-15(10-18(22)23)19(24)20-9-8-14(11-20)17-7-3-5-13-4-1-2-6-16(13)17;/h1-8,15,21H,9-12H2,(H,22,23);/q;+1/p-1. The number of aliphatic carboxylic acids is 1. The van der Waals surface area contributed by atoms with Crippen LogP contribution in [0.15, 0.2) is 48.5 Å². The molecule has 1 N–H and O–H groups in total. The number of carboxylic acid groups (broad SMARTS) is 1. The summed E-state index contributed by atoms with van der Waals surface area (Å²) in [6.45, 7) is 0.338. The summed E-state index contributed by atoms with van der Waals surface area (Å²) in [7, 11) is 0. The van der Waals surface area contributed by atoms with E-state index in [1.807, 2.05) is 48.5 Å². The van der Waals surface area contributed by atoms with Gasteiger partial charge in [-0.2, -0.15) is 0 Å². The van der Waals surface area contributed by atoms with E-state index >= 15 is 0 Å². The summed E-state index contributed by atoms with van der Waals surface area (Å²) in [6, 6.07) is 14.1. The molecule has 124 valence electrons. The predicted molar refractivity (Wildman–Crippen MR) is 88.7 cm³/mol. The SMILES string of the molecule is O=C([O-])CC(CO)C(=O)N1CC=C(c2cccc3ccccc23)C1.[K+]. The van der Waals surface area contributed by atoms with E-state index in [1.165, 1.54) is 0 Å². The first kappa shape index (κ1) is 20.3. The van der Waals surface area contributed by atoms with Gasteiger partial charge >= 0.3 is 51.4 Å². The topological polar surface area (TPSA) is 80.7 Å². The molecule has 0 bridgehead atoms. The smallest absolute Gasteiger partial charge is 0.550 e. The predicted octanol–water partition coefficient (Wildman–Crippen LogP) is -2.18. The minimum atomic E-state index is -1.33. The third-order valence-corrected chi connectivity index (χ3v) is 4.35. The van der Waals surface area contributed by atoms with Crippen LogP contribution in [-0.4, -0.2) is 41.6 Å². The number of amides is 1. The summed E-state index contributed by atoms with van der Waals surface area (Å²) >= 11 is 0. The fourth-order valence-corrected chi connectivity index (χ4v) is 3.11. The molecule has 1 amide bonds. The number of hydrogen-bond acceptors (Lipinski definition) is 4. The van der Waals surface area contributed by atoms with Crippen molar-refractivity contribution in [3.63, 3.8) is 0 Å². The summed E-state index contributed by atoms with van der Waals surface area (Å²) in [4.78, 5) is 24.7. The zero-order chi connectivity index (χ0) is 17.1. The van der Waals surface area contributed by atoms with Gasteiger partial charge in [-0.1, -0.05) is 48.5 Å². The average molecular weight is 363 g/mol. The van der Waals surface area contributed by atoms with Crippen LogP contribution in [0.1, 0.15) is 12.0 Å². The number of benzene rings is 2. The number of rotatable bonds is 5. The number of carboxylic acids is 1. The van der Waals surface area contributed by atoms with Gasteiger partial charge in [0, 0.05) is 25.5 Å². The Morgan fingerprint density at radius 2 is 1.88 bits per heavy atom. The van der Waals surface area contributed by atoms with Crippen molar-refractivity contribution < 1.29 is 71.2 Å². The normalized spacial score (nSPS) is 14.8. The number of hydrogen-bond donors (Lipinski definition) is 1. The van der Waals surface area contributed by atoms with Crippen molar-refractivity contribution in [3.8, 4) is 0 Å². The molecule has 5 nitrogen and oxygen atoms in total. The van der Waals surface area contributed by atoms with Crippen molar-refractivity contribution in [3.05, 3.63) is 54.1 Å². The van der Waals surface area contributed by atoms with Crippen molar-refractivity contribution in [1.29, 1.82) is 0 Å². The van der Waals surface area contributed by atoms with Gasteiger partial charge in [-0.3, -0.25) is 4.79 Å². The van der Waals surface area contributed by atoms with Crippen molar-refractivity contribution in [1.82, 2.24) is 4.90 Å². The van der Waals surface area contributed by atoms with Gasteiger partial charge in [0.2, 0.25) is 5.91 Å². The maximum atomic E-state index is 12.4. The fraction of sp³-hybridized carbons (Fsp3) is 0.263. The van der Waals surface area contributed by atoms with Gasteiger partial charge in [0.25, 0.3) is 0 Å². The number of nitrogens with zero attached hydrogens (tertiary/aromatic N) is 1. The van der Waals surface area contributed by atoms with Crippen molar-refractivity contribution >= 4 is 28.2 Å². The summed E-state index contributed by atoms with van der Waals surface area (Å²) in [5.74, 6) is -2.63. The first-order valence-corrected chi connectivity index (χ1v) is 7.87. The van der Waals surface area contributed by atoms with Crippen LogP contribution in [0.25, 0.3) is 16.3 Å². The Labute approximate surface area is 188 Å². The fourth-order valence-electron chi connectivity index (χ4n) is 3.11. The molecule has 2 aromatic carbocycles. The summed E-state index contributed by atoms with van der Waals surface area (Å²) in [5.41, 5.74) is 2.11. The van der Waals surface area contributed by atoms with Crippen LogP contribution in [0.2, 0.25) is 0 Å². The van der Waals surface area contributed by atoms with E-state index in [-0.39, 0.29) is 57.3 Å².